The van der Waals surface area contributed by atoms with Crippen LogP contribution in [-0.4, -0.2) is 25.8 Å². The van der Waals surface area contributed by atoms with E-state index in [0.717, 1.165) is 11.9 Å². The third kappa shape index (κ3) is 4.26. The summed E-state index contributed by atoms with van der Waals surface area (Å²) in [6, 6.07) is 0. The lowest BCUT2D eigenvalue weighted by Gasteiger charge is -2.16. The molecule has 12 heavy (non-hydrogen) atoms. The minimum absolute atomic E-state index is 0.370. The zero-order valence-electron chi connectivity index (χ0n) is 7.87. The summed E-state index contributed by atoms with van der Waals surface area (Å²) >= 11 is 0. The first-order chi connectivity index (χ1) is 5.76. The molecule has 0 heterocycles. The Balaban J connectivity index is 4.07. The van der Waals surface area contributed by atoms with Gasteiger partial charge in [0.1, 0.15) is 6.29 Å². The number of hydrogen-bond acceptors (Lipinski definition) is 3. The summed E-state index contributed by atoms with van der Waals surface area (Å²) in [6.07, 6.45) is 1.82. The van der Waals surface area contributed by atoms with Crippen LogP contribution in [0.4, 0.5) is 0 Å². The molecule has 0 aromatic rings. The first-order valence-electron chi connectivity index (χ1n) is 4.11. The van der Waals surface area contributed by atoms with E-state index in [1.807, 2.05) is 20.8 Å². The van der Waals surface area contributed by atoms with Crippen LogP contribution in [0.1, 0.15) is 20.8 Å². The van der Waals surface area contributed by atoms with Crippen LogP contribution in [0.3, 0.4) is 0 Å². The fourth-order valence-corrected chi connectivity index (χ4v) is 0.800. The molecule has 70 valence electrons. The van der Waals surface area contributed by atoms with Crippen LogP contribution in [0.5, 0.6) is 0 Å². The second kappa shape index (κ2) is 7.00. The second-order valence-corrected chi connectivity index (χ2v) is 2.29. The van der Waals surface area contributed by atoms with E-state index >= 15 is 0 Å². The molecule has 3 nitrogen and oxygen atoms in total. The van der Waals surface area contributed by atoms with Gasteiger partial charge in [-0.3, -0.25) is 4.79 Å². The van der Waals surface area contributed by atoms with Gasteiger partial charge < -0.3 is 9.47 Å². The Morgan fingerprint density at radius 2 is 1.83 bits per heavy atom. The summed E-state index contributed by atoms with van der Waals surface area (Å²) in [4.78, 5) is 10.1. The molecule has 0 unspecified atom stereocenters. The van der Waals surface area contributed by atoms with Crippen molar-refractivity contribution in [3.63, 3.8) is 0 Å². The Hall–Kier alpha value is -0.670. The van der Waals surface area contributed by atoms with E-state index < -0.39 is 0 Å². The zero-order valence-corrected chi connectivity index (χ0v) is 7.87. The molecular weight excluding hydrogens is 156 g/mol. The number of ether oxygens (including phenoxy) is 2. The van der Waals surface area contributed by atoms with Gasteiger partial charge in [-0.25, -0.2) is 0 Å². The minimum atomic E-state index is -0.370. The van der Waals surface area contributed by atoms with Gasteiger partial charge in [-0.1, -0.05) is 0 Å². The number of carbonyl (C=O) groups excluding carboxylic acids is 1. The SMILES string of the molecule is CCOC(OCC)C(C)=CC=O. The van der Waals surface area contributed by atoms with Crippen molar-refractivity contribution in [2.45, 2.75) is 27.1 Å². The van der Waals surface area contributed by atoms with E-state index in [0.29, 0.717) is 13.2 Å². The quantitative estimate of drug-likeness (QED) is 0.346. The number of carbonyl (C=O) groups is 1. The maximum Gasteiger partial charge on any atom is 0.179 e. The molecule has 0 aliphatic heterocycles. The van der Waals surface area contributed by atoms with E-state index in [4.69, 9.17) is 9.47 Å². The maximum absolute atomic E-state index is 10.1. The molecule has 0 aromatic carbocycles. The van der Waals surface area contributed by atoms with Crippen LogP contribution in [0, 0.1) is 0 Å². The average Bonchev–Trinajstić information content (AvgIpc) is 2.04. The number of allylic oxidation sites excluding steroid dienone is 1. The molecule has 0 N–H and O–H groups in total. The summed E-state index contributed by atoms with van der Waals surface area (Å²) in [6.45, 7) is 6.74. The molecule has 0 rings (SSSR count). The smallest absolute Gasteiger partial charge is 0.179 e. The second-order valence-electron chi connectivity index (χ2n) is 2.29. The van der Waals surface area contributed by atoms with Crippen LogP contribution in [-0.2, 0) is 14.3 Å². The topological polar surface area (TPSA) is 35.5 Å². The van der Waals surface area contributed by atoms with Gasteiger partial charge in [0.15, 0.2) is 6.29 Å². The van der Waals surface area contributed by atoms with Crippen molar-refractivity contribution < 1.29 is 14.3 Å². The van der Waals surface area contributed by atoms with Gasteiger partial charge in [0.2, 0.25) is 0 Å². The molecule has 0 saturated carbocycles. The molecule has 0 radical (unpaired) electrons. The van der Waals surface area contributed by atoms with Crippen LogP contribution >= 0.6 is 0 Å². The van der Waals surface area contributed by atoms with Gasteiger partial charge in [-0.05, 0) is 32.4 Å². The van der Waals surface area contributed by atoms with E-state index in [-0.39, 0.29) is 6.29 Å². The third-order valence-electron chi connectivity index (χ3n) is 1.34. The highest BCUT2D eigenvalue weighted by molar-refractivity contribution is 5.66. The lowest BCUT2D eigenvalue weighted by Crippen LogP contribution is -2.18. The summed E-state index contributed by atoms with van der Waals surface area (Å²) in [5.41, 5.74) is 0.800. The molecule has 0 aliphatic carbocycles. The fraction of sp³-hybridized carbons (Fsp3) is 0.667. The summed E-state index contributed by atoms with van der Waals surface area (Å²) in [5, 5.41) is 0. The number of hydrogen-bond donors (Lipinski definition) is 0. The monoisotopic (exact) mass is 172 g/mol. The Kier molecular flexibility index (Phi) is 6.61. The largest absolute Gasteiger partial charge is 0.349 e. The molecule has 0 bridgehead atoms. The minimum Gasteiger partial charge on any atom is -0.349 e. The number of aldehydes is 1. The highest BCUT2D eigenvalue weighted by Crippen LogP contribution is 2.06. The van der Waals surface area contributed by atoms with Crippen molar-refractivity contribution in [3.05, 3.63) is 11.6 Å². The molecular formula is C9H16O3. The molecule has 0 spiro atoms. The van der Waals surface area contributed by atoms with Gasteiger partial charge in [-0.15, -0.1) is 0 Å². The van der Waals surface area contributed by atoms with Crippen LogP contribution in [0.15, 0.2) is 11.6 Å². The van der Waals surface area contributed by atoms with E-state index in [1.54, 1.807) is 0 Å². The highest BCUT2D eigenvalue weighted by Gasteiger charge is 2.08. The molecule has 0 aromatic heterocycles. The molecule has 3 heteroatoms. The highest BCUT2D eigenvalue weighted by atomic mass is 16.7. The lowest BCUT2D eigenvalue weighted by molar-refractivity contribution is -0.113. The van der Waals surface area contributed by atoms with Crippen molar-refractivity contribution in [2.24, 2.45) is 0 Å². The van der Waals surface area contributed by atoms with Crippen molar-refractivity contribution >= 4 is 6.29 Å². The summed E-state index contributed by atoms with van der Waals surface area (Å²) in [5.74, 6) is 0. The first kappa shape index (κ1) is 11.3. The van der Waals surface area contributed by atoms with Crippen LogP contribution in [0.25, 0.3) is 0 Å². The average molecular weight is 172 g/mol. The predicted molar refractivity (Wildman–Crippen MR) is 46.9 cm³/mol. The third-order valence-corrected chi connectivity index (χ3v) is 1.34. The molecule has 0 saturated heterocycles. The van der Waals surface area contributed by atoms with E-state index in [2.05, 4.69) is 0 Å². The normalized spacial score (nSPS) is 12.2. The van der Waals surface area contributed by atoms with Crippen LogP contribution < -0.4 is 0 Å². The van der Waals surface area contributed by atoms with Crippen LogP contribution in [0.2, 0.25) is 0 Å². The standard InChI is InChI=1S/C9H16O3/c1-4-11-9(12-5-2)8(3)6-7-10/h6-7,9H,4-5H2,1-3H3. The van der Waals surface area contributed by atoms with Crippen molar-refractivity contribution in [1.82, 2.24) is 0 Å². The van der Waals surface area contributed by atoms with E-state index in [9.17, 15) is 4.79 Å². The Morgan fingerprint density at radius 3 is 2.17 bits per heavy atom. The Bertz CT molecular complexity index is 146. The summed E-state index contributed by atoms with van der Waals surface area (Å²) < 4.78 is 10.5. The molecule has 0 aliphatic rings. The maximum atomic E-state index is 10.1. The summed E-state index contributed by atoms with van der Waals surface area (Å²) in [7, 11) is 0. The molecule has 0 fully saturated rings. The lowest BCUT2D eigenvalue weighted by atomic mass is 10.3. The van der Waals surface area contributed by atoms with Crippen molar-refractivity contribution in [1.29, 1.82) is 0 Å². The molecule has 0 atom stereocenters. The Labute approximate surface area is 73.4 Å². The van der Waals surface area contributed by atoms with Crippen molar-refractivity contribution in [3.8, 4) is 0 Å². The predicted octanol–water partition coefficient (Wildman–Crippen LogP) is 1.53. The Morgan fingerprint density at radius 1 is 1.33 bits per heavy atom. The van der Waals surface area contributed by atoms with Gasteiger partial charge >= 0.3 is 0 Å². The zero-order chi connectivity index (χ0) is 9.40. The van der Waals surface area contributed by atoms with E-state index in [1.165, 1.54) is 6.08 Å². The van der Waals surface area contributed by atoms with Gasteiger partial charge in [0, 0.05) is 13.2 Å². The van der Waals surface area contributed by atoms with Gasteiger partial charge in [0.05, 0.1) is 0 Å². The first-order valence-corrected chi connectivity index (χ1v) is 4.11. The van der Waals surface area contributed by atoms with Gasteiger partial charge in [-0.2, -0.15) is 0 Å². The molecule has 0 amide bonds. The number of rotatable bonds is 6. The van der Waals surface area contributed by atoms with Gasteiger partial charge in [0.25, 0.3) is 0 Å². The van der Waals surface area contributed by atoms with Crippen molar-refractivity contribution in [2.75, 3.05) is 13.2 Å². The fourth-order valence-electron chi connectivity index (χ4n) is 0.800.